The molecule has 2 rings (SSSR count). The molecular formula is C19H24N2O9. The van der Waals surface area contributed by atoms with Gasteiger partial charge < -0.3 is 18.9 Å². The van der Waals surface area contributed by atoms with Crippen LogP contribution >= 0.6 is 0 Å². The molecule has 2 atom stereocenters. The first kappa shape index (κ1) is 22.9. The number of esters is 2. The van der Waals surface area contributed by atoms with E-state index in [0.29, 0.717) is 0 Å². The lowest BCUT2D eigenvalue weighted by molar-refractivity contribution is -0.386. The Kier molecular flexibility index (Phi) is 6.53. The molecule has 1 aromatic rings. The lowest BCUT2D eigenvalue weighted by atomic mass is 9.99. The van der Waals surface area contributed by atoms with Gasteiger partial charge in [0.25, 0.3) is 0 Å². The van der Waals surface area contributed by atoms with Crippen LogP contribution in [0, 0.1) is 10.1 Å². The van der Waals surface area contributed by atoms with Gasteiger partial charge in [0, 0.05) is 12.5 Å². The van der Waals surface area contributed by atoms with Gasteiger partial charge in [0.05, 0.1) is 25.7 Å². The molecule has 11 nitrogen and oxygen atoms in total. The van der Waals surface area contributed by atoms with Gasteiger partial charge in [-0.15, -0.1) is 0 Å². The van der Waals surface area contributed by atoms with Gasteiger partial charge >= 0.3 is 23.7 Å². The maximum absolute atomic E-state index is 12.7. The molecule has 0 spiro atoms. The van der Waals surface area contributed by atoms with Gasteiger partial charge in [-0.1, -0.05) is 12.1 Å². The molecule has 1 saturated heterocycles. The monoisotopic (exact) mass is 424 g/mol. The van der Waals surface area contributed by atoms with E-state index in [1.54, 1.807) is 20.8 Å². The highest BCUT2D eigenvalue weighted by Gasteiger charge is 2.58. The molecule has 30 heavy (non-hydrogen) atoms. The number of rotatable bonds is 5. The van der Waals surface area contributed by atoms with Crippen LogP contribution in [0.5, 0.6) is 5.75 Å². The van der Waals surface area contributed by atoms with Gasteiger partial charge in [0.15, 0.2) is 5.75 Å². The number of likely N-dealkylation sites (tertiary alicyclic amines) is 1. The van der Waals surface area contributed by atoms with E-state index >= 15 is 0 Å². The molecule has 1 amide bonds. The Morgan fingerprint density at radius 3 is 2.33 bits per heavy atom. The van der Waals surface area contributed by atoms with Crippen molar-refractivity contribution in [1.82, 2.24) is 4.90 Å². The Balaban J connectivity index is 2.49. The molecule has 164 valence electrons. The number of amides is 1. The smallest absolute Gasteiger partial charge is 0.411 e. The molecule has 1 aliphatic heterocycles. The average Bonchev–Trinajstić information content (AvgIpc) is 3.06. The van der Waals surface area contributed by atoms with Crippen LogP contribution in [-0.2, 0) is 23.8 Å². The summed E-state index contributed by atoms with van der Waals surface area (Å²) >= 11 is 0. The standard InChI is InChI=1S/C19H24N2O9/c1-18(2,3)30-17(24)20-11-19(16(23)28-5,10-13(20)15(22)27-4)29-14-9-7-6-8-12(14)21(25)26/h6-9,13H,10-11H2,1-5H3/t13-,19?/m0/s1. The Morgan fingerprint density at radius 2 is 1.80 bits per heavy atom. The molecule has 0 bridgehead atoms. The van der Waals surface area contributed by atoms with Crippen molar-refractivity contribution in [2.24, 2.45) is 0 Å². The first-order valence-electron chi connectivity index (χ1n) is 9.02. The number of carbonyl (C=O) groups is 3. The maximum atomic E-state index is 12.7. The quantitative estimate of drug-likeness (QED) is 0.301. The van der Waals surface area contributed by atoms with Gasteiger partial charge in [-0.25, -0.2) is 14.4 Å². The highest BCUT2D eigenvalue weighted by Crippen LogP contribution is 2.38. The third-order valence-electron chi connectivity index (χ3n) is 4.35. The fourth-order valence-electron chi connectivity index (χ4n) is 3.09. The third kappa shape index (κ3) is 4.78. The number of hydrogen-bond acceptors (Lipinski definition) is 9. The molecule has 0 N–H and O–H groups in total. The molecule has 0 aromatic heterocycles. The lowest BCUT2D eigenvalue weighted by Gasteiger charge is -2.28. The number of para-hydroxylation sites is 2. The summed E-state index contributed by atoms with van der Waals surface area (Å²) in [6.07, 6.45) is -1.20. The highest BCUT2D eigenvalue weighted by molar-refractivity contribution is 5.88. The molecule has 1 unspecified atom stereocenters. The number of nitro groups is 1. The first-order valence-corrected chi connectivity index (χ1v) is 9.02. The normalized spacial score (nSPS) is 21.0. The summed E-state index contributed by atoms with van der Waals surface area (Å²) in [7, 11) is 2.24. The number of carbonyl (C=O) groups excluding carboxylic acids is 3. The number of benzene rings is 1. The van der Waals surface area contributed by atoms with Crippen LogP contribution < -0.4 is 4.74 Å². The van der Waals surface area contributed by atoms with Crippen LogP contribution in [0.1, 0.15) is 27.2 Å². The average molecular weight is 424 g/mol. The molecule has 11 heteroatoms. The van der Waals surface area contributed by atoms with E-state index in [4.69, 9.17) is 18.9 Å². The zero-order chi connectivity index (χ0) is 22.7. The van der Waals surface area contributed by atoms with E-state index in [1.807, 2.05) is 0 Å². The number of hydrogen-bond donors (Lipinski definition) is 0. The molecule has 1 aromatic carbocycles. The number of nitro benzene ring substituents is 1. The van der Waals surface area contributed by atoms with Crippen LogP contribution in [-0.4, -0.2) is 65.9 Å². The molecule has 0 radical (unpaired) electrons. The number of nitrogens with zero attached hydrogens (tertiary/aromatic N) is 2. The highest BCUT2D eigenvalue weighted by atomic mass is 16.6. The molecule has 0 aliphatic carbocycles. The van der Waals surface area contributed by atoms with Crippen molar-refractivity contribution in [3.8, 4) is 5.75 Å². The topological polar surface area (TPSA) is 135 Å². The largest absolute Gasteiger partial charge is 0.467 e. The summed E-state index contributed by atoms with van der Waals surface area (Å²) in [4.78, 5) is 49.4. The summed E-state index contributed by atoms with van der Waals surface area (Å²) in [5, 5.41) is 11.3. The predicted octanol–water partition coefficient (Wildman–Crippen LogP) is 2.07. The molecule has 1 aliphatic rings. The van der Waals surface area contributed by atoms with E-state index < -0.39 is 46.7 Å². The summed E-state index contributed by atoms with van der Waals surface area (Å²) in [5.41, 5.74) is -3.13. The van der Waals surface area contributed by atoms with Crippen LogP contribution in [0.2, 0.25) is 0 Å². The summed E-state index contributed by atoms with van der Waals surface area (Å²) in [6, 6.07) is 4.23. The molecule has 0 saturated carbocycles. The SMILES string of the molecule is COC(=O)[C@@H]1CC(Oc2ccccc2[N+](=O)[O-])(C(=O)OC)CN1C(=O)OC(C)(C)C. The summed E-state index contributed by atoms with van der Waals surface area (Å²) < 4.78 is 20.7. The second-order valence-corrected chi connectivity index (χ2v) is 7.66. The van der Waals surface area contributed by atoms with E-state index in [2.05, 4.69) is 0 Å². The van der Waals surface area contributed by atoms with Crippen LogP contribution in [0.15, 0.2) is 24.3 Å². The Labute approximate surface area is 173 Å². The Bertz CT molecular complexity index is 849. The zero-order valence-electron chi connectivity index (χ0n) is 17.4. The zero-order valence-corrected chi connectivity index (χ0v) is 17.4. The van der Waals surface area contributed by atoms with Crippen molar-refractivity contribution >= 4 is 23.7 Å². The second-order valence-electron chi connectivity index (χ2n) is 7.66. The fraction of sp³-hybridized carbons (Fsp3) is 0.526. The molecular weight excluding hydrogens is 400 g/mol. The van der Waals surface area contributed by atoms with Crippen molar-refractivity contribution in [2.45, 2.75) is 44.4 Å². The first-order chi connectivity index (χ1) is 13.9. The van der Waals surface area contributed by atoms with Gasteiger partial charge in [0.2, 0.25) is 5.60 Å². The number of methoxy groups -OCH3 is 2. The minimum atomic E-state index is -1.88. The van der Waals surface area contributed by atoms with E-state index in [0.717, 1.165) is 19.1 Å². The fourth-order valence-corrected chi connectivity index (χ4v) is 3.09. The second kappa shape index (κ2) is 8.56. The van der Waals surface area contributed by atoms with E-state index in [1.165, 1.54) is 24.3 Å². The van der Waals surface area contributed by atoms with Gasteiger partial charge in [0.1, 0.15) is 11.6 Å². The third-order valence-corrected chi connectivity index (χ3v) is 4.35. The van der Waals surface area contributed by atoms with Crippen molar-refractivity contribution < 1.29 is 38.3 Å². The predicted molar refractivity (Wildman–Crippen MR) is 102 cm³/mol. The minimum Gasteiger partial charge on any atom is -0.467 e. The van der Waals surface area contributed by atoms with E-state index in [-0.39, 0.29) is 17.9 Å². The van der Waals surface area contributed by atoms with Crippen LogP contribution in [0.25, 0.3) is 0 Å². The minimum absolute atomic E-state index is 0.206. The van der Waals surface area contributed by atoms with Crippen molar-refractivity contribution in [3.63, 3.8) is 0 Å². The van der Waals surface area contributed by atoms with Gasteiger partial charge in [-0.3, -0.25) is 15.0 Å². The van der Waals surface area contributed by atoms with Crippen molar-refractivity contribution in [3.05, 3.63) is 34.4 Å². The van der Waals surface area contributed by atoms with Crippen molar-refractivity contribution in [1.29, 1.82) is 0 Å². The van der Waals surface area contributed by atoms with E-state index in [9.17, 15) is 24.5 Å². The maximum Gasteiger partial charge on any atom is 0.411 e. The van der Waals surface area contributed by atoms with Gasteiger partial charge in [-0.2, -0.15) is 0 Å². The number of ether oxygens (including phenoxy) is 4. The summed E-state index contributed by atoms with van der Waals surface area (Å²) in [5.74, 6) is -1.90. The lowest BCUT2D eigenvalue weighted by Crippen LogP contribution is -2.49. The Morgan fingerprint density at radius 1 is 1.17 bits per heavy atom. The summed E-state index contributed by atoms with van der Waals surface area (Å²) in [6.45, 7) is 4.50. The van der Waals surface area contributed by atoms with Crippen molar-refractivity contribution in [2.75, 3.05) is 20.8 Å². The molecule has 1 heterocycles. The van der Waals surface area contributed by atoms with Crippen LogP contribution in [0.3, 0.4) is 0 Å². The molecule has 1 fully saturated rings. The Hall–Kier alpha value is -3.37. The van der Waals surface area contributed by atoms with Gasteiger partial charge in [-0.05, 0) is 26.8 Å². The van der Waals surface area contributed by atoms with Crippen LogP contribution in [0.4, 0.5) is 10.5 Å².